The lowest BCUT2D eigenvalue weighted by Crippen LogP contribution is -2.17. The van der Waals surface area contributed by atoms with Crippen molar-refractivity contribution in [2.75, 3.05) is 17.7 Å². The van der Waals surface area contributed by atoms with Gasteiger partial charge in [0.15, 0.2) is 0 Å². The molecule has 0 saturated carbocycles. The molecule has 106 valence electrons. The molecule has 2 aromatic carbocycles. The predicted molar refractivity (Wildman–Crippen MR) is 80.8 cm³/mol. The van der Waals surface area contributed by atoms with Crippen molar-refractivity contribution in [1.29, 1.82) is 5.26 Å². The summed E-state index contributed by atoms with van der Waals surface area (Å²) in [4.78, 5) is 12.3. The minimum Gasteiger partial charge on any atom is -0.393 e. The van der Waals surface area contributed by atoms with Crippen LogP contribution in [0.25, 0.3) is 0 Å². The monoisotopic (exact) mass is 282 g/mol. The number of nitro benzene ring substituents is 1. The molecule has 21 heavy (non-hydrogen) atoms. The van der Waals surface area contributed by atoms with E-state index in [1.54, 1.807) is 18.2 Å². The molecule has 6 nitrogen and oxygen atoms in total. The summed E-state index contributed by atoms with van der Waals surface area (Å²) < 4.78 is 0. The largest absolute Gasteiger partial charge is 0.393 e. The highest BCUT2D eigenvalue weighted by Crippen LogP contribution is 2.25. The molecule has 0 bridgehead atoms. The molecule has 0 aliphatic rings. The van der Waals surface area contributed by atoms with Crippen molar-refractivity contribution in [3.05, 3.63) is 63.7 Å². The summed E-state index contributed by atoms with van der Waals surface area (Å²) in [5, 5.41) is 20.0. The normalized spacial score (nSPS) is 9.90. The third-order valence-corrected chi connectivity index (χ3v) is 3.15. The first-order valence-electron chi connectivity index (χ1n) is 6.26. The van der Waals surface area contributed by atoms with Crippen LogP contribution in [0.15, 0.2) is 42.5 Å². The second kappa shape index (κ2) is 5.92. The Bertz CT molecular complexity index is 722. The van der Waals surface area contributed by atoms with Crippen molar-refractivity contribution in [2.24, 2.45) is 0 Å². The Morgan fingerprint density at radius 1 is 1.33 bits per heavy atom. The van der Waals surface area contributed by atoms with E-state index in [2.05, 4.69) is 6.07 Å². The molecule has 0 unspecified atom stereocenters. The molecule has 0 atom stereocenters. The first-order valence-corrected chi connectivity index (χ1v) is 6.26. The number of hydrogen-bond donors (Lipinski definition) is 1. The van der Waals surface area contributed by atoms with Gasteiger partial charge in [-0.25, -0.2) is 0 Å². The quantitative estimate of drug-likeness (QED) is 0.528. The fourth-order valence-electron chi connectivity index (χ4n) is 2.11. The maximum atomic E-state index is 10.9. The van der Waals surface area contributed by atoms with Crippen LogP contribution in [0.4, 0.5) is 17.1 Å². The molecular weight excluding hydrogens is 268 g/mol. The van der Waals surface area contributed by atoms with Gasteiger partial charge < -0.3 is 10.6 Å². The predicted octanol–water partition coefficient (Wildman–Crippen LogP) is 2.69. The van der Waals surface area contributed by atoms with E-state index >= 15 is 0 Å². The average molecular weight is 282 g/mol. The van der Waals surface area contributed by atoms with Gasteiger partial charge in [-0.15, -0.1) is 0 Å². The summed E-state index contributed by atoms with van der Waals surface area (Å²) in [7, 11) is 1.83. The number of nitro groups is 1. The van der Waals surface area contributed by atoms with Gasteiger partial charge in [-0.3, -0.25) is 10.1 Å². The summed E-state index contributed by atoms with van der Waals surface area (Å²) in [6, 6.07) is 14.1. The van der Waals surface area contributed by atoms with E-state index in [0.29, 0.717) is 12.1 Å². The molecule has 0 aliphatic heterocycles. The Kier molecular flexibility index (Phi) is 4.05. The molecule has 0 aliphatic carbocycles. The van der Waals surface area contributed by atoms with Gasteiger partial charge in [0.05, 0.1) is 16.2 Å². The highest BCUT2D eigenvalue weighted by atomic mass is 16.6. The van der Waals surface area contributed by atoms with E-state index in [0.717, 1.165) is 11.3 Å². The first-order chi connectivity index (χ1) is 10.0. The van der Waals surface area contributed by atoms with E-state index in [-0.39, 0.29) is 11.4 Å². The Balaban J connectivity index is 2.28. The summed E-state index contributed by atoms with van der Waals surface area (Å²) in [6.07, 6.45) is 0. The van der Waals surface area contributed by atoms with Crippen LogP contribution in [0.5, 0.6) is 0 Å². The first kappa shape index (κ1) is 14.3. The van der Waals surface area contributed by atoms with Crippen LogP contribution in [0.2, 0.25) is 0 Å². The topological polar surface area (TPSA) is 96.2 Å². The van der Waals surface area contributed by atoms with Crippen molar-refractivity contribution in [3.63, 3.8) is 0 Å². The van der Waals surface area contributed by atoms with E-state index < -0.39 is 4.92 Å². The molecule has 0 saturated heterocycles. The van der Waals surface area contributed by atoms with Crippen LogP contribution in [0, 0.1) is 21.4 Å². The van der Waals surface area contributed by atoms with Crippen molar-refractivity contribution in [1.82, 2.24) is 0 Å². The SMILES string of the molecule is CN(Cc1ccc(N)c([N+](=O)[O-])c1)c1ccccc1C#N. The molecule has 0 heterocycles. The third kappa shape index (κ3) is 3.09. The minimum absolute atomic E-state index is 0.102. The minimum atomic E-state index is -0.498. The summed E-state index contributed by atoms with van der Waals surface area (Å²) >= 11 is 0. The summed E-state index contributed by atoms with van der Waals surface area (Å²) in [5.41, 5.74) is 7.71. The van der Waals surface area contributed by atoms with Gasteiger partial charge >= 0.3 is 0 Å². The molecule has 0 radical (unpaired) electrons. The summed E-state index contributed by atoms with van der Waals surface area (Å²) in [6.45, 7) is 0.444. The molecular formula is C15H14N4O2. The number of nitrogen functional groups attached to an aromatic ring is 1. The lowest BCUT2D eigenvalue weighted by atomic mass is 10.1. The van der Waals surface area contributed by atoms with Crippen LogP contribution in [0.1, 0.15) is 11.1 Å². The second-order valence-electron chi connectivity index (χ2n) is 4.64. The standard InChI is InChI=1S/C15H14N4O2/c1-18(14-5-3-2-4-12(14)9-16)10-11-6-7-13(17)15(8-11)19(20)21/h2-8H,10,17H2,1H3. The average Bonchev–Trinajstić information content (AvgIpc) is 2.48. The van der Waals surface area contributed by atoms with Crippen molar-refractivity contribution in [2.45, 2.75) is 6.54 Å². The number of rotatable bonds is 4. The Labute approximate surface area is 122 Å². The molecule has 0 aromatic heterocycles. The van der Waals surface area contributed by atoms with Crippen LogP contribution in [-0.4, -0.2) is 12.0 Å². The van der Waals surface area contributed by atoms with Gasteiger partial charge in [0.2, 0.25) is 0 Å². The van der Waals surface area contributed by atoms with Gasteiger partial charge in [-0.05, 0) is 23.8 Å². The van der Waals surface area contributed by atoms with Crippen molar-refractivity contribution in [3.8, 4) is 6.07 Å². The maximum Gasteiger partial charge on any atom is 0.292 e. The highest BCUT2D eigenvalue weighted by Gasteiger charge is 2.13. The smallest absolute Gasteiger partial charge is 0.292 e. The fourth-order valence-corrected chi connectivity index (χ4v) is 2.11. The van der Waals surface area contributed by atoms with Crippen LogP contribution in [-0.2, 0) is 6.54 Å². The lowest BCUT2D eigenvalue weighted by Gasteiger charge is -2.20. The van der Waals surface area contributed by atoms with E-state index in [4.69, 9.17) is 11.0 Å². The lowest BCUT2D eigenvalue weighted by molar-refractivity contribution is -0.384. The van der Waals surface area contributed by atoms with Gasteiger partial charge in [0.1, 0.15) is 11.8 Å². The number of nitrogens with zero attached hydrogens (tertiary/aromatic N) is 3. The number of nitriles is 1. The summed E-state index contributed by atoms with van der Waals surface area (Å²) in [5.74, 6) is 0. The number of anilines is 2. The molecule has 0 fully saturated rings. The highest BCUT2D eigenvalue weighted by molar-refractivity contribution is 5.61. The Morgan fingerprint density at radius 3 is 2.71 bits per heavy atom. The third-order valence-electron chi connectivity index (χ3n) is 3.15. The molecule has 0 spiro atoms. The zero-order valence-corrected chi connectivity index (χ0v) is 11.5. The molecule has 2 aromatic rings. The zero-order valence-electron chi connectivity index (χ0n) is 11.5. The molecule has 0 amide bonds. The van der Waals surface area contributed by atoms with Gasteiger partial charge in [0, 0.05) is 19.7 Å². The van der Waals surface area contributed by atoms with Crippen molar-refractivity contribution < 1.29 is 4.92 Å². The molecule has 2 N–H and O–H groups in total. The second-order valence-corrected chi connectivity index (χ2v) is 4.64. The van der Waals surface area contributed by atoms with E-state index in [1.165, 1.54) is 12.1 Å². The molecule has 2 rings (SSSR count). The van der Waals surface area contributed by atoms with Gasteiger partial charge in [-0.2, -0.15) is 5.26 Å². The zero-order chi connectivity index (χ0) is 15.4. The number of para-hydroxylation sites is 1. The van der Waals surface area contributed by atoms with E-state index in [9.17, 15) is 10.1 Å². The van der Waals surface area contributed by atoms with Crippen molar-refractivity contribution >= 4 is 17.1 Å². The van der Waals surface area contributed by atoms with E-state index in [1.807, 2.05) is 24.1 Å². The fraction of sp³-hybridized carbons (Fsp3) is 0.133. The maximum absolute atomic E-state index is 10.9. The van der Waals surface area contributed by atoms with Crippen LogP contribution >= 0.6 is 0 Å². The molecule has 6 heteroatoms. The number of benzene rings is 2. The van der Waals surface area contributed by atoms with Crippen LogP contribution < -0.4 is 10.6 Å². The van der Waals surface area contributed by atoms with Gasteiger partial charge in [0.25, 0.3) is 5.69 Å². The Morgan fingerprint density at radius 2 is 2.05 bits per heavy atom. The Hall–Kier alpha value is -3.07. The number of nitrogens with two attached hydrogens (primary N) is 1. The van der Waals surface area contributed by atoms with Gasteiger partial charge in [-0.1, -0.05) is 18.2 Å². The number of hydrogen-bond acceptors (Lipinski definition) is 5. The van der Waals surface area contributed by atoms with Crippen LogP contribution in [0.3, 0.4) is 0 Å².